The molecule has 298 valence electrons. The monoisotopic (exact) mass is 728 g/mol. The molecule has 0 fully saturated rings. The molecule has 15 nitrogen and oxygen atoms in total. The Morgan fingerprint density at radius 2 is 0.560 bits per heavy atom. The van der Waals surface area contributed by atoms with Crippen molar-refractivity contribution in [3.05, 3.63) is 0 Å². The fourth-order valence-corrected chi connectivity index (χ4v) is 3.88. The first-order valence-corrected chi connectivity index (χ1v) is 18.3. The Balaban J connectivity index is 3.09. The molecular weight excluding hydrogens is 660 g/mol. The highest BCUT2D eigenvalue weighted by Gasteiger charge is 2.03. The lowest BCUT2D eigenvalue weighted by atomic mass is 10.1. The van der Waals surface area contributed by atoms with Crippen LogP contribution in [0.15, 0.2) is 0 Å². The topological polar surface area (TPSA) is 154 Å². The van der Waals surface area contributed by atoms with Gasteiger partial charge in [-0.2, -0.15) is 0 Å². The van der Waals surface area contributed by atoms with E-state index in [1.54, 1.807) is 0 Å². The molecule has 0 aliphatic rings. The predicted octanol–water partition coefficient (Wildman–Crippen LogP) is 3.03. The Morgan fingerprint density at radius 3 is 0.840 bits per heavy atom. The van der Waals surface area contributed by atoms with Crippen LogP contribution < -0.4 is 0 Å². The van der Waals surface area contributed by atoms with E-state index >= 15 is 0 Å². The van der Waals surface area contributed by atoms with Crippen molar-refractivity contribution in [2.75, 3.05) is 159 Å². The standard InChI is InChI=1S/C35H68O15/c1-3-4-5-6-7-8-9-35(37)50-33-31-48-29-27-46-25-23-44-21-19-42-17-15-40-13-11-38-10-12-39-14-16-41-18-20-43-22-24-45-26-28-47-30-32-49-34(2)36/h3-33H2,1-2H3. The third-order valence-electron chi connectivity index (χ3n) is 6.48. The molecule has 0 unspecified atom stereocenters. The van der Waals surface area contributed by atoms with Crippen molar-refractivity contribution in [1.29, 1.82) is 0 Å². The fraction of sp³-hybridized carbons (Fsp3) is 0.943. The molecule has 0 aromatic carbocycles. The van der Waals surface area contributed by atoms with E-state index in [2.05, 4.69) is 6.92 Å². The van der Waals surface area contributed by atoms with Crippen molar-refractivity contribution in [2.45, 2.75) is 58.8 Å². The molecule has 0 aromatic rings. The maximum Gasteiger partial charge on any atom is 0.305 e. The van der Waals surface area contributed by atoms with Crippen LogP contribution in [0.1, 0.15) is 58.8 Å². The highest BCUT2D eigenvalue weighted by Crippen LogP contribution is 2.07. The minimum atomic E-state index is -0.314. The highest BCUT2D eigenvalue weighted by molar-refractivity contribution is 5.69. The Morgan fingerprint density at radius 1 is 0.320 bits per heavy atom. The van der Waals surface area contributed by atoms with E-state index in [1.807, 2.05) is 0 Å². The molecule has 0 atom stereocenters. The van der Waals surface area contributed by atoms with Crippen molar-refractivity contribution in [1.82, 2.24) is 0 Å². The van der Waals surface area contributed by atoms with Gasteiger partial charge in [0.15, 0.2) is 0 Å². The molecule has 0 spiro atoms. The van der Waals surface area contributed by atoms with E-state index < -0.39 is 0 Å². The number of hydrogen-bond donors (Lipinski definition) is 0. The summed E-state index contributed by atoms with van der Waals surface area (Å²) in [5.41, 5.74) is 0. The number of carbonyl (C=O) groups is 2. The number of carbonyl (C=O) groups excluding carboxylic acids is 2. The average molecular weight is 729 g/mol. The number of ether oxygens (including phenoxy) is 13. The van der Waals surface area contributed by atoms with Gasteiger partial charge in [-0.3, -0.25) is 9.59 Å². The summed E-state index contributed by atoms with van der Waals surface area (Å²) in [5.74, 6) is -0.461. The van der Waals surface area contributed by atoms with Gasteiger partial charge in [-0.15, -0.1) is 0 Å². The second-order valence-corrected chi connectivity index (χ2v) is 10.8. The average Bonchev–Trinajstić information content (AvgIpc) is 3.11. The Hall–Kier alpha value is -1.50. The second-order valence-electron chi connectivity index (χ2n) is 10.8. The number of hydrogen-bond acceptors (Lipinski definition) is 15. The van der Waals surface area contributed by atoms with Gasteiger partial charge in [-0.1, -0.05) is 39.0 Å². The van der Waals surface area contributed by atoms with Gasteiger partial charge in [0.1, 0.15) is 13.2 Å². The molecule has 0 aliphatic carbocycles. The molecule has 50 heavy (non-hydrogen) atoms. The Labute approximate surface area is 300 Å². The van der Waals surface area contributed by atoms with Crippen LogP contribution in [0.5, 0.6) is 0 Å². The molecule has 0 N–H and O–H groups in total. The minimum absolute atomic E-state index is 0.147. The summed E-state index contributed by atoms with van der Waals surface area (Å²) in [6, 6.07) is 0. The van der Waals surface area contributed by atoms with Crippen LogP contribution >= 0.6 is 0 Å². The summed E-state index contributed by atoms with van der Waals surface area (Å²) in [7, 11) is 0. The first-order valence-electron chi connectivity index (χ1n) is 18.3. The van der Waals surface area contributed by atoms with Gasteiger partial charge < -0.3 is 61.6 Å². The van der Waals surface area contributed by atoms with E-state index in [-0.39, 0.29) is 25.2 Å². The van der Waals surface area contributed by atoms with Crippen LogP contribution in [0.4, 0.5) is 0 Å². The van der Waals surface area contributed by atoms with Gasteiger partial charge in [0, 0.05) is 13.3 Å². The Bertz CT molecular complexity index is 686. The molecular formula is C35H68O15. The summed E-state index contributed by atoms with van der Waals surface area (Å²) in [5, 5.41) is 0. The van der Waals surface area contributed by atoms with Crippen molar-refractivity contribution < 1.29 is 71.2 Å². The first kappa shape index (κ1) is 48.5. The van der Waals surface area contributed by atoms with Crippen molar-refractivity contribution in [3.8, 4) is 0 Å². The van der Waals surface area contributed by atoms with Crippen molar-refractivity contribution in [2.24, 2.45) is 0 Å². The van der Waals surface area contributed by atoms with E-state index in [0.717, 1.165) is 12.8 Å². The van der Waals surface area contributed by atoms with Crippen LogP contribution in [-0.4, -0.2) is 171 Å². The zero-order valence-corrected chi connectivity index (χ0v) is 31.0. The quantitative estimate of drug-likeness (QED) is 0.0667. The smallest absolute Gasteiger partial charge is 0.305 e. The molecule has 0 aromatic heterocycles. The summed E-state index contributed by atoms with van der Waals surface area (Å²) >= 11 is 0. The highest BCUT2D eigenvalue weighted by atomic mass is 16.6. The molecule has 0 saturated carbocycles. The molecule has 0 radical (unpaired) electrons. The Kier molecular flexibility index (Phi) is 42.4. The van der Waals surface area contributed by atoms with Crippen LogP contribution in [0.3, 0.4) is 0 Å². The largest absolute Gasteiger partial charge is 0.463 e. The second kappa shape index (κ2) is 43.7. The van der Waals surface area contributed by atoms with E-state index in [1.165, 1.54) is 32.6 Å². The lowest BCUT2D eigenvalue weighted by Gasteiger charge is -2.09. The van der Waals surface area contributed by atoms with Gasteiger partial charge in [-0.05, 0) is 6.42 Å². The number of unbranched alkanes of at least 4 members (excludes halogenated alkanes) is 5. The van der Waals surface area contributed by atoms with Gasteiger partial charge in [-0.25, -0.2) is 0 Å². The number of rotatable bonds is 43. The molecule has 0 amide bonds. The van der Waals surface area contributed by atoms with Gasteiger partial charge >= 0.3 is 11.9 Å². The van der Waals surface area contributed by atoms with Crippen LogP contribution in [0, 0.1) is 0 Å². The third-order valence-corrected chi connectivity index (χ3v) is 6.48. The maximum atomic E-state index is 11.7. The molecule has 0 saturated heterocycles. The minimum Gasteiger partial charge on any atom is -0.463 e. The SMILES string of the molecule is CCCCCCCCC(=O)OCCOCCOCCOCCOCCOCCOCCOCCOCCOCCOCCOCCOC(C)=O. The third kappa shape index (κ3) is 44.5. The van der Waals surface area contributed by atoms with Crippen molar-refractivity contribution in [3.63, 3.8) is 0 Å². The summed E-state index contributed by atoms with van der Waals surface area (Å²) < 4.78 is 69.7. The van der Waals surface area contributed by atoms with E-state index in [4.69, 9.17) is 61.6 Å². The molecule has 0 rings (SSSR count). The van der Waals surface area contributed by atoms with E-state index in [0.29, 0.717) is 152 Å². The normalized spacial score (nSPS) is 11.3. The fourth-order valence-electron chi connectivity index (χ4n) is 3.88. The molecule has 15 heteroatoms. The van der Waals surface area contributed by atoms with Crippen LogP contribution in [0.2, 0.25) is 0 Å². The summed E-state index contributed by atoms with van der Waals surface area (Å²) in [6.45, 7) is 14.4. The van der Waals surface area contributed by atoms with Gasteiger partial charge in [0.2, 0.25) is 0 Å². The molecule has 0 bridgehead atoms. The lowest BCUT2D eigenvalue weighted by Crippen LogP contribution is -2.16. The summed E-state index contributed by atoms with van der Waals surface area (Å²) in [4.78, 5) is 22.3. The van der Waals surface area contributed by atoms with E-state index in [9.17, 15) is 9.59 Å². The summed E-state index contributed by atoms with van der Waals surface area (Å²) in [6.07, 6.45) is 7.40. The van der Waals surface area contributed by atoms with Crippen molar-refractivity contribution >= 4 is 11.9 Å². The van der Waals surface area contributed by atoms with Gasteiger partial charge in [0.05, 0.1) is 145 Å². The zero-order chi connectivity index (χ0) is 36.3. The number of esters is 2. The first-order chi connectivity index (χ1) is 24.7. The predicted molar refractivity (Wildman–Crippen MR) is 185 cm³/mol. The zero-order valence-electron chi connectivity index (χ0n) is 31.0. The van der Waals surface area contributed by atoms with Gasteiger partial charge in [0.25, 0.3) is 0 Å². The van der Waals surface area contributed by atoms with Crippen LogP contribution in [0.25, 0.3) is 0 Å². The molecule has 0 aliphatic heterocycles. The maximum absolute atomic E-state index is 11.7. The van der Waals surface area contributed by atoms with Crippen LogP contribution in [-0.2, 0) is 71.2 Å². The lowest BCUT2D eigenvalue weighted by molar-refractivity contribution is -0.145. The molecule has 0 heterocycles.